The van der Waals surface area contributed by atoms with Crippen LogP contribution in [-0.4, -0.2) is 64.3 Å². The molecular weight excluding hydrogens is 470 g/mol. The minimum absolute atomic E-state index is 0.234. The number of hydrogen-bond donors (Lipinski definition) is 1. The molecule has 0 unspecified atom stereocenters. The van der Waals surface area contributed by atoms with E-state index in [-0.39, 0.29) is 16.2 Å². The zero-order chi connectivity index (χ0) is 26.5. The molecule has 2 saturated heterocycles. The van der Waals surface area contributed by atoms with Gasteiger partial charge in [0.2, 0.25) is 0 Å². The molecule has 0 spiro atoms. The second kappa shape index (κ2) is 12.9. The van der Waals surface area contributed by atoms with Gasteiger partial charge in [0, 0.05) is 25.3 Å². The van der Waals surface area contributed by atoms with Crippen molar-refractivity contribution in [3.63, 3.8) is 0 Å². The van der Waals surface area contributed by atoms with Crippen molar-refractivity contribution < 1.29 is 18.8 Å². The summed E-state index contributed by atoms with van der Waals surface area (Å²) in [6.07, 6.45) is 10.8. The molecule has 0 aromatic carbocycles. The molecule has 1 N–H and O–H groups in total. The lowest BCUT2D eigenvalue weighted by molar-refractivity contribution is -0.179. The van der Waals surface area contributed by atoms with E-state index in [1.165, 1.54) is 12.8 Å². The Morgan fingerprint density at radius 2 is 1.40 bits per heavy atom. The average Bonchev–Trinajstić information content (AvgIpc) is 3.27. The second-order valence-corrected chi connectivity index (χ2v) is 23.9. The van der Waals surface area contributed by atoms with E-state index < -0.39 is 16.6 Å². The standard InChI is InChI=1S/C28H59NO4Si2/c1-27(2,3)34(7,8)31-19-13-11-15-25(30)21-23-17-18-24-22-26(33-29(23)24)16-12-14-20-32-35(9,10)28(4,5)6/h23-26,30H,11-22H2,1-10H3/t23-,24-,25-,26-/m0/s1. The topological polar surface area (TPSA) is 51.2 Å². The average molecular weight is 530 g/mol. The number of hydroxylamine groups is 2. The Bertz CT molecular complexity index is 629. The van der Waals surface area contributed by atoms with Crippen LogP contribution < -0.4 is 0 Å². The molecule has 208 valence electrons. The van der Waals surface area contributed by atoms with Gasteiger partial charge in [0.05, 0.1) is 12.2 Å². The van der Waals surface area contributed by atoms with Crippen LogP contribution in [-0.2, 0) is 13.7 Å². The lowest BCUT2D eigenvalue weighted by Crippen LogP contribution is -2.41. The Morgan fingerprint density at radius 1 is 0.857 bits per heavy atom. The molecule has 0 amide bonds. The van der Waals surface area contributed by atoms with Crippen molar-refractivity contribution >= 4 is 16.6 Å². The molecule has 2 aliphatic heterocycles. The summed E-state index contributed by atoms with van der Waals surface area (Å²) in [5.41, 5.74) is 0. The van der Waals surface area contributed by atoms with E-state index in [2.05, 4.69) is 72.8 Å². The van der Waals surface area contributed by atoms with Gasteiger partial charge in [0.15, 0.2) is 16.6 Å². The fraction of sp³-hybridized carbons (Fsp3) is 1.00. The Hall–Kier alpha value is 0.234. The van der Waals surface area contributed by atoms with Crippen molar-refractivity contribution in [3.8, 4) is 0 Å². The largest absolute Gasteiger partial charge is 0.417 e. The fourth-order valence-electron chi connectivity index (χ4n) is 4.72. The number of unbranched alkanes of at least 4 members (excludes halogenated alkanes) is 2. The molecular formula is C28H59NO4Si2. The molecule has 2 aliphatic rings. The summed E-state index contributed by atoms with van der Waals surface area (Å²) in [7, 11) is -3.28. The predicted octanol–water partition coefficient (Wildman–Crippen LogP) is 7.66. The summed E-state index contributed by atoms with van der Waals surface area (Å²) in [4.78, 5) is 6.39. The third-order valence-corrected chi connectivity index (χ3v) is 18.4. The van der Waals surface area contributed by atoms with Crippen LogP contribution in [0.5, 0.6) is 0 Å². The molecule has 0 bridgehead atoms. The van der Waals surface area contributed by atoms with Crippen molar-refractivity contribution in [2.24, 2.45) is 0 Å². The minimum Gasteiger partial charge on any atom is -0.417 e. The Labute approximate surface area is 219 Å². The van der Waals surface area contributed by atoms with Crippen LogP contribution in [0.3, 0.4) is 0 Å². The fourth-order valence-corrected chi connectivity index (χ4v) is 6.89. The number of fused-ring (bicyclic) bond motifs is 1. The zero-order valence-corrected chi connectivity index (χ0v) is 26.9. The highest BCUT2D eigenvalue weighted by Gasteiger charge is 2.43. The highest BCUT2D eigenvalue weighted by atomic mass is 28.4. The molecule has 0 saturated carbocycles. The highest BCUT2D eigenvalue weighted by Crippen LogP contribution is 2.39. The van der Waals surface area contributed by atoms with Crippen molar-refractivity contribution in [1.29, 1.82) is 0 Å². The van der Waals surface area contributed by atoms with Crippen LogP contribution in [0.2, 0.25) is 36.3 Å². The van der Waals surface area contributed by atoms with Crippen molar-refractivity contribution in [2.75, 3.05) is 13.2 Å². The summed E-state index contributed by atoms with van der Waals surface area (Å²) in [5.74, 6) is 0. The molecule has 0 aliphatic carbocycles. The Kier molecular flexibility index (Phi) is 11.6. The quantitative estimate of drug-likeness (QED) is 0.185. The third kappa shape index (κ3) is 9.49. The number of aliphatic hydroxyl groups is 1. The molecule has 2 heterocycles. The maximum atomic E-state index is 10.7. The van der Waals surface area contributed by atoms with Gasteiger partial charge in [-0.05, 0) is 100 Å². The van der Waals surface area contributed by atoms with Crippen molar-refractivity contribution in [2.45, 2.75) is 166 Å². The number of hydrogen-bond acceptors (Lipinski definition) is 5. The molecule has 0 aromatic heterocycles. The summed E-state index contributed by atoms with van der Waals surface area (Å²) >= 11 is 0. The van der Waals surface area contributed by atoms with E-state index in [1.807, 2.05) is 0 Å². The summed E-state index contributed by atoms with van der Waals surface area (Å²) in [5, 5.41) is 13.5. The van der Waals surface area contributed by atoms with Crippen LogP contribution >= 0.6 is 0 Å². The first-order valence-corrected chi connectivity index (χ1v) is 20.3. The van der Waals surface area contributed by atoms with Crippen LogP contribution in [0.15, 0.2) is 0 Å². The monoisotopic (exact) mass is 529 g/mol. The zero-order valence-electron chi connectivity index (χ0n) is 24.9. The van der Waals surface area contributed by atoms with Gasteiger partial charge < -0.3 is 14.0 Å². The van der Waals surface area contributed by atoms with Crippen LogP contribution in [0.1, 0.15) is 106 Å². The third-order valence-electron chi connectivity index (χ3n) is 9.29. The summed E-state index contributed by atoms with van der Waals surface area (Å²) in [6.45, 7) is 24.8. The molecule has 2 fully saturated rings. The van der Waals surface area contributed by atoms with E-state index >= 15 is 0 Å². The molecule has 35 heavy (non-hydrogen) atoms. The van der Waals surface area contributed by atoms with E-state index in [0.717, 1.165) is 64.6 Å². The number of aliphatic hydroxyl groups excluding tert-OH is 1. The molecule has 4 atom stereocenters. The first-order valence-electron chi connectivity index (χ1n) is 14.4. The predicted molar refractivity (Wildman–Crippen MR) is 153 cm³/mol. The van der Waals surface area contributed by atoms with Gasteiger partial charge in [-0.3, -0.25) is 4.84 Å². The van der Waals surface area contributed by atoms with E-state index in [9.17, 15) is 5.11 Å². The molecule has 0 aromatic rings. The summed E-state index contributed by atoms with van der Waals surface area (Å²) < 4.78 is 12.6. The lowest BCUT2D eigenvalue weighted by atomic mass is 10.0. The summed E-state index contributed by atoms with van der Waals surface area (Å²) in [6, 6.07) is 0.934. The van der Waals surface area contributed by atoms with Crippen LogP contribution in [0.25, 0.3) is 0 Å². The van der Waals surface area contributed by atoms with Crippen molar-refractivity contribution in [3.05, 3.63) is 0 Å². The van der Waals surface area contributed by atoms with Gasteiger partial charge >= 0.3 is 0 Å². The normalized spacial score (nSPS) is 25.3. The minimum atomic E-state index is -1.65. The van der Waals surface area contributed by atoms with Gasteiger partial charge in [-0.1, -0.05) is 41.5 Å². The van der Waals surface area contributed by atoms with Gasteiger partial charge in [-0.25, -0.2) is 0 Å². The maximum Gasteiger partial charge on any atom is 0.191 e. The molecule has 0 radical (unpaired) electrons. The van der Waals surface area contributed by atoms with Crippen LogP contribution in [0, 0.1) is 0 Å². The number of rotatable bonds is 14. The van der Waals surface area contributed by atoms with Gasteiger partial charge in [0.1, 0.15) is 0 Å². The maximum absolute atomic E-state index is 10.7. The second-order valence-electron chi connectivity index (χ2n) is 14.3. The van der Waals surface area contributed by atoms with Gasteiger partial charge in [-0.2, -0.15) is 5.06 Å². The number of nitrogens with zero attached hydrogens (tertiary/aromatic N) is 1. The molecule has 7 heteroatoms. The molecule has 5 nitrogen and oxygen atoms in total. The molecule has 2 rings (SSSR count). The highest BCUT2D eigenvalue weighted by molar-refractivity contribution is 6.74. The van der Waals surface area contributed by atoms with Gasteiger partial charge in [0.25, 0.3) is 0 Å². The lowest BCUT2D eigenvalue weighted by Gasteiger charge is -2.36. The van der Waals surface area contributed by atoms with E-state index in [0.29, 0.717) is 18.2 Å². The Morgan fingerprint density at radius 3 is 1.94 bits per heavy atom. The Balaban J connectivity index is 1.60. The first kappa shape index (κ1) is 31.5. The first-order chi connectivity index (χ1) is 16.0. The van der Waals surface area contributed by atoms with Crippen molar-refractivity contribution in [1.82, 2.24) is 5.06 Å². The van der Waals surface area contributed by atoms with Crippen LogP contribution in [0.4, 0.5) is 0 Å². The van der Waals surface area contributed by atoms with Gasteiger partial charge in [-0.15, -0.1) is 0 Å². The van der Waals surface area contributed by atoms with E-state index in [1.54, 1.807) is 0 Å². The SMILES string of the molecule is CC(C)(C)[Si](C)(C)OCCCC[C@H](O)C[C@@H]1CC[C@H]2C[C@H](CCCCO[Si](C)(C)C(C)(C)C)ON12. The smallest absolute Gasteiger partial charge is 0.191 e. The van der Waals surface area contributed by atoms with E-state index in [4.69, 9.17) is 13.7 Å².